The molecule has 4 N–H and O–H groups in total. The molecular formula is C28H29FN6. The lowest BCUT2D eigenvalue weighted by Crippen LogP contribution is -2.07. The quantitative estimate of drug-likeness (QED) is 0.229. The number of nitrogens with one attached hydrogen (secondary N) is 2. The van der Waals surface area contributed by atoms with Gasteiger partial charge in [-0.15, -0.1) is 0 Å². The van der Waals surface area contributed by atoms with Gasteiger partial charge in [0, 0.05) is 41.0 Å². The van der Waals surface area contributed by atoms with Crippen LogP contribution in [0.3, 0.4) is 0 Å². The molecule has 0 saturated heterocycles. The number of rotatable bonds is 6. The summed E-state index contributed by atoms with van der Waals surface area (Å²) in [6, 6.07) is 9.84. The zero-order valence-electron chi connectivity index (χ0n) is 20.4. The van der Waals surface area contributed by atoms with Crippen molar-refractivity contribution in [1.82, 2.24) is 19.9 Å². The summed E-state index contributed by atoms with van der Waals surface area (Å²) in [5.74, 6) is 0.114. The lowest BCUT2D eigenvalue weighted by molar-refractivity contribution is 0.627. The molecule has 0 unspecified atom stereocenters. The van der Waals surface area contributed by atoms with Crippen molar-refractivity contribution in [1.29, 1.82) is 5.41 Å². The Hall–Kier alpha value is -4.39. The van der Waals surface area contributed by atoms with Crippen LogP contribution in [-0.4, -0.2) is 25.6 Å². The van der Waals surface area contributed by atoms with E-state index >= 15 is 0 Å². The topological polar surface area (TPSA) is 104 Å². The first kappa shape index (κ1) is 25.2. The first-order chi connectivity index (χ1) is 16.9. The number of aryl methyl sites for hydroxylation is 2. The van der Waals surface area contributed by atoms with Gasteiger partial charge in [-0.1, -0.05) is 44.7 Å². The number of halogens is 1. The number of aromatic nitrogens is 4. The minimum absolute atomic E-state index is 0.236. The van der Waals surface area contributed by atoms with Gasteiger partial charge in [0.25, 0.3) is 0 Å². The lowest BCUT2D eigenvalue weighted by atomic mass is 10.0. The number of hydrogen-bond acceptors (Lipinski definition) is 5. The van der Waals surface area contributed by atoms with Gasteiger partial charge in [-0.25, -0.2) is 9.37 Å². The van der Waals surface area contributed by atoms with Crippen LogP contribution in [0.1, 0.15) is 47.8 Å². The fourth-order valence-electron chi connectivity index (χ4n) is 3.58. The van der Waals surface area contributed by atoms with Gasteiger partial charge in [-0.3, -0.25) is 15.4 Å². The maximum absolute atomic E-state index is 13.4. The van der Waals surface area contributed by atoms with E-state index in [2.05, 4.69) is 21.5 Å². The van der Waals surface area contributed by atoms with Gasteiger partial charge in [0.2, 0.25) is 0 Å². The van der Waals surface area contributed by atoms with Crippen LogP contribution in [0.4, 0.5) is 10.1 Å². The smallest absolute Gasteiger partial charge is 0.156 e. The average Bonchev–Trinajstić information content (AvgIpc) is 3.25. The van der Waals surface area contributed by atoms with E-state index in [0.717, 1.165) is 28.0 Å². The first-order valence-corrected chi connectivity index (χ1v) is 11.3. The standard InChI is InChI=1S/C26H23FN6.C2H6/c1-4-5-21(17-6-8-19(27)9-7-17)25-16(3)32-26(33-25)24(29)22-11-23(31-12-15(22)2)18-10-20(28)14-30-13-18;1-2/h4-14,29H,1,28H2,2-3H3,(H,32,33);1-2H3/b21-5-,29-24?;. The molecule has 0 bridgehead atoms. The third-order valence-electron chi connectivity index (χ3n) is 5.24. The second-order valence-corrected chi connectivity index (χ2v) is 7.65. The Balaban J connectivity index is 0.00000167. The minimum Gasteiger partial charge on any atom is -0.397 e. The Kier molecular flexibility index (Phi) is 8.04. The molecule has 0 saturated carbocycles. The first-order valence-electron chi connectivity index (χ1n) is 11.3. The van der Waals surface area contributed by atoms with Gasteiger partial charge in [0.05, 0.1) is 17.1 Å². The predicted octanol–water partition coefficient (Wildman–Crippen LogP) is 6.26. The summed E-state index contributed by atoms with van der Waals surface area (Å²) in [7, 11) is 0. The van der Waals surface area contributed by atoms with E-state index in [0.29, 0.717) is 28.5 Å². The molecule has 0 amide bonds. The number of nitrogen functional groups attached to an aromatic ring is 1. The van der Waals surface area contributed by atoms with Gasteiger partial charge >= 0.3 is 0 Å². The van der Waals surface area contributed by atoms with Crippen LogP contribution in [0.5, 0.6) is 0 Å². The number of nitrogens with zero attached hydrogens (tertiary/aromatic N) is 3. The Morgan fingerprint density at radius 1 is 1.09 bits per heavy atom. The summed E-state index contributed by atoms with van der Waals surface area (Å²) in [4.78, 5) is 16.5. The number of H-pyrrole nitrogens is 1. The molecule has 3 heterocycles. The van der Waals surface area contributed by atoms with E-state index in [4.69, 9.17) is 16.1 Å². The fraction of sp³-hybridized carbons (Fsp3) is 0.143. The fourth-order valence-corrected chi connectivity index (χ4v) is 3.58. The molecule has 7 heteroatoms. The number of nitrogens with two attached hydrogens (primary N) is 1. The highest BCUT2D eigenvalue weighted by molar-refractivity contribution is 6.10. The molecule has 0 aliphatic rings. The number of imidazole rings is 1. The van der Waals surface area contributed by atoms with Crippen molar-refractivity contribution in [3.63, 3.8) is 0 Å². The van der Waals surface area contributed by atoms with E-state index in [1.807, 2.05) is 39.8 Å². The highest BCUT2D eigenvalue weighted by Crippen LogP contribution is 2.27. The zero-order valence-corrected chi connectivity index (χ0v) is 20.4. The number of pyridine rings is 2. The molecular weight excluding hydrogens is 439 g/mol. The summed E-state index contributed by atoms with van der Waals surface area (Å²) >= 11 is 0. The summed E-state index contributed by atoms with van der Waals surface area (Å²) in [5, 5.41) is 8.85. The van der Waals surface area contributed by atoms with Crippen molar-refractivity contribution in [2.24, 2.45) is 0 Å². The van der Waals surface area contributed by atoms with E-state index in [-0.39, 0.29) is 11.5 Å². The van der Waals surface area contributed by atoms with E-state index in [9.17, 15) is 4.39 Å². The molecule has 0 radical (unpaired) electrons. The van der Waals surface area contributed by atoms with Crippen molar-refractivity contribution in [3.8, 4) is 11.3 Å². The number of aromatic amines is 1. The SMILES string of the molecule is C=C/C=C(/c1ccc(F)cc1)c1nc(C(=N)c2cc(-c3cncc(N)c3)ncc2C)[nH]c1C.CC. The highest BCUT2D eigenvalue weighted by atomic mass is 19.1. The van der Waals surface area contributed by atoms with Crippen molar-refractivity contribution < 1.29 is 4.39 Å². The zero-order chi connectivity index (χ0) is 25.5. The van der Waals surface area contributed by atoms with Crippen LogP contribution in [0.25, 0.3) is 16.8 Å². The summed E-state index contributed by atoms with van der Waals surface area (Å²) in [5.41, 5.74) is 12.7. The molecule has 4 aromatic rings. The average molecular weight is 469 g/mol. The Labute approximate surface area is 205 Å². The third-order valence-corrected chi connectivity index (χ3v) is 5.24. The lowest BCUT2D eigenvalue weighted by Gasteiger charge is -2.09. The molecule has 0 fully saturated rings. The van der Waals surface area contributed by atoms with Crippen LogP contribution in [0.15, 0.2) is 73.7 Å². The molecule has 0 spiro atoms. The highest BCUT2D eigenvalue weighted by Gasteiger charge is 2.18. The molecule has 35 heavy (non-hydrogen) atoms. The maximum Gasteiger partial charge on any atom is 0.156 e. The van der Waals surface area contributed by atoms with Crippen LogP contribution < -0.4 is 5.73 Å². The molecule has 1 aromatic carbocycles. The molecule has 6 nitrogen and oxygen atoms in total. The normalized spacial score (nSPS) is 10.9. The van der Waals surface area contributed by atoms with E-state index in [1.54, 1.807) is 42.9 Å². The summed E-state index contributed by atoms with van der Waals surface area (Å²) < 4.78 is 13.4. The number of benzene rings is 1. The molecule has 0 aliphatic heterocycles. The predicted molar refractivity (Wildman–Crippen MR) is 141 cm³/mol. The van der Waals surface area contributed by atoms with Crippen LogP contribution in [-0.2, 0) is 0 Å². The third kappa shape index (κ3) is 5.58. The largest absolute Gasteiger partial charge is 0.397 e. The molecule has 0 aliphatic carbocycles. The van der Waals surface area contributed by atoms with Crippen LogP contribution in [0.2, 0.25) is 0 Å². The second kappa shape index (κ2) is 11.2. The summed E-state index contributed by atoms with van der Waals surface area (Å²) in [6.45, 7) is 11.6. The van der Waals surface area contributed by atoms with E-state index < -0.39 is 0 Å². The molecule has 0 atom stereocenters. The maximum atomic E-state index is 13.4. The molecule has 4 rings (SSSR count). The van der Waals surface area contributed by atoms with Crippen molar-refractivity contribution in [2.45, 2.75) is 27.7 Å². The van der Waals surface area contributed by atoms with Gasteiger partial charge in [-0.05, 0) is 49.2 Å². The monoisotopic (exact) mass is 468 g/mol. The second-order valence-electron chi connectivity index (χ2n) is 7.65. The Morgan fingerprint density at radius 3 is 2.46 bits per heavy atom. The van der Waals surface area contributed by atoms with Gasteiger partial charge in [0.1, 0.15) is 11.5 Å². The van der Waals surface area contributed by atoms with Crippen molar-refractivity contribution in [3.05, 3.63) is 113 Å². The number of allylic oxidation sites excluding steroid dienone is 2. The molecule has 178 valence electrons. The van der Waals surface area contributed by atoms with Crippen LogP contribution >= 0.6 is 0 Å². The molecule has 3 aromatic heterocycles. The van der Waals surface area contributed by atoms with Gasteiger partial charge in [-0.2, -0.15) is 0 Å². The minimum atomic E-state index is -0.308. The number of anilines is 1. The Bertz CT molecular complexity index is 1380. The van der Waals surface area contributed by atoms with Crippen molar-refractivity contribution >= 4 is 17.0 Å². The van der Waals surface area contributed by atoms with Gasteiger partial charge < -0.3 is 10.7 Å². The van der Waals surface area contributed by atoms with E-state index in [1.165, 1.54) is 12.1 Å². The van der Waals surface area contributed by atoms with Crippen molar-refractivity contribution in [2.75, 3.05) is 5.73 Å². The number of hydrogen-bond donors (Lipinski definition) is 3. The van der Waals surface area contributed by atoms with Gasteiger partial charge in [0.15, 0.2) is 5.82 Å². The van der Waals surface area contributed by atoms with Crippen LogP contribution in [0, 0.1) is 25.1 Å². The summed E-state index contributed by atoms with van der Waals surface area (Å²) in [6.07, 6.45) is 8.47. The Morgan fingerprint density at radius 2 is 1.80 bits per heavy atom.